The Morgan fingerprint density at radius 1 is 1.15 bits per heavy atom. The van der Waals surface area contributed by atoms with Gasteiger partial charge in [-0.1, -0.05) is 26.2 Å². The van der Waals surface area contributed by atoms with E-state index in [1.165, 1.54) is 51.4 Å². The zero-order valence-electron chi connectivity index (χ0n) is 12.8. The molecule has 1 atom stereocenters. The minimum atomic E-state index is -0.119. The van der Waals surface area contributed by atoms with E-state index in [0.29, 0.717) is 23.4 Å². The van der Waals surface area contributed by atoms with Crippen molar-refractivity contribution in [3.8, 4) is 0 Å². The first kappa shape index (κ1) is 13.1. The molecule has 0 radical (unpaired) electrons. The van der Waals surface area contributed by atoms with Gasteiger partial charge in [-0.3, -0.25) is 10.1 Å². The van der Waals surface area contributed by atoms with Gasteiger partial charge in [-0.05, 0) is 56.3 Å². The van der Waals surface area contributed by atoms with Crippen molar-refractivity contribution in [2.75, 3.05) is 6.54 Å². The highest BCUT2D eigenvalue weighted by atomic mass is 16.2. The summed E-state index contributed by atoms with van der Waals surface area (Å²) in [6, 6.07) is 0. The van der Waals surface area contributed by atoms with E-state index in [-0.39, 0.29) is 5.54 Å². The second kappa shape index (κ2) is 4.46. The Morgan fingerprint density at radius 2 is 1.85 bits per heavy atom. The summed E-state index contributed by atoms with van der Waals surface area (Å²) in [6.45, 7) is 3.34. The van der Waals surface area contributed by atoms with Gasteiger partial charge in [0.15, 0.2) is 0 Å². The number of nitrogens with one attached hydrogen (secondary N) is 1. The standard InChI is InChI=1S/C17H28N2O/c1-2-16(8-5-9-16)12-19-14(13-6-3-4-7-13)18-17(10-11-17)15(19)20/h13-14,18H,2-12H2,1H3. The molecule has 1 amide bonds. The molecule has 4 fully saturated rings. The maximum atomic E-state index is 12.9. The van der Waals surface area contributed by atoms with E-state index in [0.717, 1.165) is 19.4 Å². The van der Waals surface area contributed by atoms with Crippen molar-refractivity contribution in [3.63, 3.8) is 0 Å². The molecule has 3 nitrogen and oxygen atoms in total. The minimum absolute atomic E-state index is 0.119. The van der Waals surface area contributed by atoms with E-state index < -0.39 is 0 Å². The van der Waals surface area contributed by atoms with Gasteiger partial charge in [-0.2, -0.15) is 0 Å². The van der Waals surface area contributed by atoms with Crippen molar-refractivity contribution in [2.24, 2.45) is 11.3 Å². The summed E-state index contributed by atoms with van der Waals surface area (Å²) in [4.78, 5) is 15.1. The average Bonchev–Trinajstić information content (AvgIpc) is 2.90. The Bertz CT molecular complexity index is 400. The molecule has 0 bridgehead atoms. The largest absolute Gasteiger partial charge is 0.325 e. The maximum Gasteiger partial charge on any atom is 0.244 e. The minimum Gasteiger partial charge on any atom is -0.325 e. The molecule has 1 saturated heterocycles. The summed E-state index contributed by atoms with van der Waals surface area (Å²) in [6.07, 6.45) is 13.1. The Balaban J connectivity index is 1.55. The molecule has 1 heterocycles. The van der Waals surface area contributed by atoms with E-state index in [1.54, 1.807) is 0 Å². The first-order valence-electron chi connectivity index (χ1n) is 8.77. The molecule has 4 aliphatic rings. The van der Waals surface area contributed by atoms with Gasteiger partial charge in [-0.15, -0.1) is 0 Å². The first-order valence-corrected chi connectivity index (χ1v) is 8.77. The lowest BCUT2D eigenvalue weighted by Gasteiger charge is -2.45. The van der Waals surface area contributed by atoms with E-state index in [1.807, 2.05) is 0 Å². The topological polar surface area (TPSA) is 32.3 Å². The number of carbonyl (C=O) groups excluding carboxylic acids is 1. The Morgan fingerprint density at radius 3 is 2.35 bits per heavy atom. The van der Waals surface area contributed by atoms with Crippen molar-refractivity contribution in [3.05, 3.63) is 0 Å². The van der Waals surface area contributed by atoms with Crippen LogP contribution in [0.1, 0.15) is 71.1 Å². The second-order valence-corrected chi connectivity index (χ2v) is 7.86. The summed E-state index contributed by atoms with van der Waals surface area (Å²) >= 11 is 0. The number of nitrogens with zero attached hydrogens (tertiary/aromatic N) is 1. The highest BCUT2D eigenvalue weighted by Crippen LogP contribution is 2.50. The lowest BCUT2D eigenvalue weighted by Crippen LogP contribution is -2.49. The van der Waals surface area contributed by atoms with Crippen LogP contribution in [0.4, 0.5) is 0 Å². The van der Waals surface area contributed by atoms with E-state index in [9.17, 15) is 4.79 Å². The molecular weight excluding hydrogens is 248 g/mol. The second-order valence-electron chi connectivity index (χ2n) is 7.86. The zero-order chi connectivity index (χ0) is 13.8. The molecular formula is C17H28N2O. The number of carbonyl (C=O) groups is 1. The van der Waals surface area contributed by atoms with Crippen LogP contribution >= 0.6 is 0 Å². The third kappa shape index (κ3) is 1.85. The third-order valence-electron chi connectivity index (χ3n) is 6.70. The molecule has 3 heteroatoms. The number of amides is 1. The van der Waals surface area contributed by atoms with Crippen LogP contribution in [0.25, 0.3) is 0 Å². The van der Waals surface area contributed by atoms with E-state index >= 15 is 0 Å². The van der Waals surface area contributed by atoms with Gasteiger partial charge in [0.25, 0.3) is 0 Å². The normalized spacial score (nSPS) is 34.8. The fourth-order valence-corrected chi connectivity index (χ4v) is 4.78. The molecule has 3 aliphatic carbocycles. The molecule has 1 spiro atoms. The molecule has 1 aliphatic heterocycles. The van der Waals surface area contributed by atoms with Gasteiger partial charge < -0.3 is 4.90 Å². The van der Waals surface area contributed by atoms with Crippen molar-refractivity contribution in [1.82, 2.24) is 10.2 Å². The molecule has 20 heavy (non-hydrogen) atoms. The van der Waals surface area contributed by atoms with Crippen LogP contribution in [-0.4, -0.2) is 29.1 Å². The summed E-state index contributed by atoms with van der Waals surface area (Å²) in [5.41, 5.74) is 0.334. The molecule has 0 aromatic heterocycles. The lowest BCUT2D eigenvalue weighted by atomic mass is 9.66. The predicted molar refractivity (Wildman–Crippen MR) is 79.1 cm³/mol. The Labute approximate surface area is 122 Å². The Kier molecular flexibility index (Phi) is 2.93. The third-order valence-corrected chi connectivity index (χ3v) is 6.70. The average molecular weight is 276 g/mol. The van der Waals surface area contributed by atoms with Crippen molar-refractivity contribution in [1.29, 1.82) is 0 Å². The molecule has 1 N–H and O–H groups in total. The van der Waals surface area contributed by atoms with Crippen LogP contribution < -0.4 is 5.32 Å². The quantitative estimate of drug-likeness (QED) is 0.856. The molecule has 1 unspecified atom stereocenters. The first-order chi connectivity index (χ1) is 9.68. The van der Waals surface area contributed by atoms with Crippen molar-refractivity contribution in [2.45, 2.75) is 82.8 Å². The van der Waals surface area contributed by atoms with E-state index in [4.69, 9.17) is 0 Å². The number of hydrogen-bond acceptors (Lipinski definition) is 2. The molecule has 3 saturated carbocycles. The van der Waals surface area contributed by atoms with Gasteiger partial charge >= 0.3 is 0 Å². The van der Waals surface area contributed by atoms with Gasteiger partial charge in [0.05, 0.1) is 11.7 Å². The summed E-state index contributed by atoms with van der Waals surface area (Å²) < 4.78 is 0. The fraction of sp³-hybridized carbons (Fsp3) is 0.941. The summed E-state index contributed by atoms with van der Waals surface area (Å²) in [7, 11) is 0. The van der Waals surface area contributed by atoms with Gasteiger partial charge in [0.2, 0.25) is 5.91 Å². The van der Waals surface area contributed by atoms with Crippen molar-refractivity contribution < 1.29 is 4.79 Å². The smallest absolute Gasteiger partial charge is 0.244 e. The molecule has 112 valence electrons. The highest BCUT2D eigenvalue weighted by Gasteiger charge is 2.61. The van der Waals surface area contributed by atoms with Crippen LogP contribution in [0.2, 0.25) is 0 Å². The van der Waals surface area contributed by atoms with E-state index in [2.05, 4.69) is 17.1 Å². The monoisotopic (exact) mass is 276 g/mol. The zero-order valence-corrected chi connectivity index (χ0v) is 12.8. The van der Waals surface area contributed by atoms with Gasteiger partial charge in [0, 0.05) is 6.54 Å². The number of hydrogen-bond donors (Lipinski definition) is 1. The summed E-state index contributed by atoms with van der Waals surface area (Å²) in [5, 5.41) is 3.75. The van der Waals surface area contributed by atoms with Crippen LogP contribution in [0.3, 0.4) is 0 Å². The van der Waals surface area contributed by atoms with Crippen molar-refractivity contribution >= 4 is 5.91 Å². The molecule has 0 aromatic carbocycles. The molecule has 4 rings (SSSR count). The predicted octanol–water partition coefficient (Wildman–Crippen LogP) is 3.05. The highest BCUT2D eigenvalue weighted by molar-refractivity contribution is 5.91. The SMILES string of the molecule is CCC1(CN2C(=O)C3(CC3)NC2C2CCCC2)CCC1. The van der Waals surface area contributed by atoms with Crippen LogP contribution in [-0.2, 0) is 4.79 Å². The van der Waals surface area contributed by atoms with Crippen LogP contribution in [0.5, 0.6) is 0 Å². The Hall–Kier alpha value is -0.570. The summed E-state index contributed by atoms with van der Waals surface area (Å²) in [5.74, 6) is 1.15. The van der Waals surface area contributed by atoms with Gasteiger partial charge in [-0.25, -0.2) is 0 Å². The maximum absolute atomic E-state index is 12.9. The van der Waals surface area contributed by atoms with Crippen LogP contribution in [0, 0.1) is 11.3 Å². The lowest BCUT2D eigenvalue weighted by molar-refractivity contribution is -0.134. The number of rotatable bonds is 4. The van der Waals surface area contributed by atoms with Gasteiger partial charge in [0.1, 0.15) is 0 Å². The van der Waals surface area contributed by atoms with Crippen LogP contribution in [0.15, 0.2) is 0 Å². The molecule has 0 aromatic rings. The fourth-order valence-electron chi connectivity index (χ4n) is 4.78.